The third-order valence-electron chi connectivity index (χ3n) is 6.02. The quantitative estimate of drug-likeness (QED) is 0.273. The Morgan fingerprint density at radius 2 is 1.76 bits per heavy atom. The second kappa shape index (κ2) is 9.25. The van der Waals surface area contributed by atoms with Crippen LogP contribution in [-0.4, -0.2) is 24.9 Å². The van der Waals surface area contributed by atoms with Crippen LogP contribution in [0.25, 0.3) is 27.7 Å². The van der Waals surface area contributed by atoms with Gasteiger partial charge in [0.25, 0.3) is 0 Å². The molecule has 0 amide bonds. The molecule has 0 unspecified atom stereocenters. The summed E-state index contributed by atoms with van der Waals surface area (Å²) >= 11 is 0. The summed E-state index contributed by atoms with van der Waals surface area (Å²) in [6, 6.07) is 14.7. The molecule has 0 atom stereocenters. The van der Waals surface area contributed by atoms with Crippen molar-refractivity contribution in [3.63, 3.8) is 0 Å². The lowest BCUT2D eigenvalue weighted by Gasteiger charge is -2.09. The predicted octanol–water partition coefficient (Wildman–Crippen LogP) is 5.88. The van der Waals surface area contributed by atoms with Gasteiger partial charge in [0.2, 0.25) is 0 Å². The predicted molar refractivity (Wildman–Crippen MR) is 131 cm³/mol. The fraction of sp³-hybridized carbons (Fsp3) is 0.296. The summed E-state index contributed by atoms with van der Waals surface area (Å²) in [6.45, 7) is 4.56. The number of para-hydroxylation sites is 2. The summed E-state index contributed by atoms with van der Waals surface area (Å²) in [6.07, 6.45) is 5.03. The Morgan fingerprint density at radius 1 is 0.971 bits per heavy atom. The average Bonchev–Trinajstić information content (AvgIpc) is 3.37. The van der Waals surface area contributed by atoms with Gasteiger partial charge in [-0.2, -0.15) is 0 Å². The molecule has 7 heteroatoms. The Labute approximate surface area is 197 Å². The molecule has 0 fully saturated rings. The van der Waals surface area contributed by atoms with E-state index < -0.39 is 0 Å². The van der Waals surface area contributed by atoms with Crippen LogP contribution in [0.1, 0.15) is 44.5 Å². The number of imidazole rings is 1. The third kappa shape index (κ3) is 3.91. The molecule has 34 heavy (non-hydrogen) atoms. The van der Waals surface area contributed by atoms with Crippen molar-refractivity contribution in [2.24, 2.45) is 0 Å². The highest BCUT2D eigenvalue weighted by Crippen LogP contribution is 2.34. The summed E-state index contributed by atoms with van der Waals surface area (Å²) in [5.74, 6) is 0.825. The molecule has 0 N–H and O–H groups in total. The van der Waals surface area contributed by atoms with Crippen molar-refractivity contribution in [3.05, 3.63) is 71.9 Å². The van der Waals surface area contributed by atoms with Crippen LogP contribution < -0.4 is 4.74 Å². The summed E-state index contributed by atoms with van der Waals surface area (Å²) < 4.78 is 24.1. The number of esters is 1. The maximum absolute atomic E-state index is 14.3. The van der Waals surface area contributed by atoms with Crippen LogP contribution in [0.4, 0.5) is 4.39 Å². The van der Waals surface area contributed by atoms with Crippen LogP contribution >= 0.6 is 0 Å². The average molecular weight is 459 g/mol. The number of hydrogen-bond donors (Lipinski definition) is 0. The fourth-order valence-electron chi connectivity index (χ4n) is 4.44. The Morgan fingerprint density at radius 3 is 2.56 bits per heavy atom. The van der Waals surface area contributed by atoms with Gasteiger partial charge in [-0.05, 0) is 43.0 Å². The van der Waals surface area contributed by atoms with E-state index in [-0.39, 0.29) is 11.8 Å². The number of fused-ring (bicyclic) bond motifs is 5. The molecule has 0 aliphatic heterocycles. The lowest BCUT2D eigenvalue weighted by atomic mass is 10.1. The van der Waals surface area contributed by atoms with Crippen molar-refractivity contribution in [1.82, 2.24) is 18.9 Å². The highest BCUT2D eigenvalue weighted by Gasteiger charge is 2.22. The van der Waals surface area contributed by atoms with E-state index in [0.717, 1.165) is 35.3 Å². The number of carbonyl (C=O) groups excluding carboxylic acids is 1. The van der Waals surface area contributed by atoms with Crippen LogP contribution in [0, 0.1) is 5.82 Å². The van der Waals surface area contributed by atoms with Crippen molar-refractivity contribution < 1.29 is 13.9 Å². The summed E-state index contributed by atoms with van der Waals surface area (Å²) in [4.78, 5) is 22.4. The van der Waals surface area contributed by atoms with Gasteiger partial charge in [0.15, 0.2) is 11.4 Å². The molecule has 5 aromatic rings. The van der Waals surface area contributed by atoms with Crippen LogP contribution in [0.3, 0.4) is 0 Å². The number of hydrogen-bond acceptors (Lipinski definition) is 4. The van der Waals surface area contributed by atoms with E-state index in [1.54, 1.807) is 18.3 Å². The van der Waals surface area contributed by atoms with Gasteiger partial charge in [-0.15, -0.1) is 0 Å². The summed E-state index contributed by atoms with van der Waals surface area (Å²) in [7, 11) is 0. The molecule has 0 aliphatic rings. The Kier molecular flexibility index (Phi) is 6.01. The van der Waals surface area contributed by atoms with Crippen molar-refractivity contribution in [2.45, 2.75) is 52.5 Å². The van der Waals surface area contributed by atoms with Gasteiger partial charge in [-0.1, -0.05) is 44.2 Å². The van der Waals surface area contributed by atoms with Gasteiger partial charge in [0, 0.05) is 25.6 Å². The van der Waals surface area contributed by atoms with E-state index in [1.807, 2.05) is 41.8 Å². The molecular weight excluding hydrogens is 431 g/mol. The molecule has 0 aliphatic carbocycles. The molecule has 2 aromatic carbocycles. The minimum absolute atomic E-state index is 0.227. The molecular formula is C27H27FN4O2. The molecule has 3 heterocycles. The number of halogens is 1. The largest absolute Gasteiger partial charge is 0.424 e. The second-order valence-corrected chi connectivity index (χ2v) is 8.49. The molecule has 0 saturated heterocycles. The number of aryl methyl sites for hydroxylation is 3. The summed E-state index contributed by atoms with van der Waals surface area (Å²) in [5.41, 5.74) is 3.88. The van der Waals surface area contributed by atoms with E-state index in [4.69, 9.17) is 14.7 Å². The molecule has 0 bridgehead atoms. The number of rotatable bonds is 8. The Hall–Kier alpha value is -3.74. The first-order valence-electron chi connectivity index (χ1n) is 11.8. The van der Waals surface area contributed by atoms with E-state index in [2.05, 4.69) is 11.3 Å². The van der Waals surface area contributed by atoms with Crippen molar-refractivity contribution in [3.8, 4) is 5.75 Å². The molecule has 174 valence electrons. The molecule has 5 rings (SSSR count). The van der Waals surface area contributed by atoms with Crippen LogP contribution in [0.5, 0.6) is 5.75 Å². The smallest absolute Gasteiger partial charge is 0.311 e. The minimum atomic E-state index is -0.289. The van der Waals surface area contributed by atoms with E-state index in [1.165, 1.54) is 6.07 Å². The van der Waals surface area contributed by atoms with Crippen LogP contribution in [0.2, 0.25) is 0 Å². The van der Waals surface area contributed by atoms with Gasteiger partial charge >= 0.3 is 5.97 Å². The van der Waals surface area contributed by atoms with Crippen molar-refractivity contribution in [1.29, 1.82) is 0 Å². The highest BCUT2D eigenvalue weighted by molar-refractivity contribution is 6.00. The number of carbonyl (C=O) groups is 1. The minimum Gasteiger partial charge on any atom is -0.424 e. The van der Waals surface area contributed by atoms with Crippen LogP contribution in [0.15, 0.2) is 54.7 Å². The van der Waals surface area contributed by atoms with E-state index in [0.29, 0.717) is 48.2 Å². The van der Waals surface area contributed by atoms with Crippen molar-refractivity contribution >= 4 is 33.7 Å². The lowest BCUT2D eigenvalue weighted by Crippen LogP contribution is -2.07. The highest BCUT2D eigenvalue weighted by atomic mass is 19.1. The fourth-order valence-corrected chi connectivity index (χ4v) is 4.44. The van der Waals surface area contributed by atoms with Gasteiger partial charge in [-0.25, -0.2) is 14.4 Å². The molecule has 6 nitrogen and oxygen atoms in total. The zero-order chi connectivity index (χ0) is 23.7. The second-order valence-electron chi connectivity index (χ2n) is 8.49. The number of aromatic nitrogens is 4. The Balaban J connectivity index is 1.72. The first kappa shape index (κ1) is 22.1. The molecule has 0 radical (unpaired) electrons. The Bertz CT molecular complexity index is 1500. The van der Waals surface area contributed by atoms with Gasteiger partial charge in [0.1, 0.15) is 22.7 Å². The first-order chi connectivity index (χ1) is 16.6. The van der Waals surface area contributed by atoms with Gasteiger partial charge in [-0.3, -0.25) is 9.20 Å². The van der Waals surface area contributed by atoms with Gasteiger partial charge < -0.3 is 9.30 Å². The lowest BCUT2D eigenvalue weighted by molar-refractivity contribution is -0.134. The number of benzene rings is 2. The topological polar surface area (TPSA) is 61.4 Å². The number of nitrogens with zero attached hydrogens (tertiary/aromatic N) is 4. The first-order valence-corrected chi connectivity index (χ1v) is 11.8. The monoisotopic (exact) mass is 458 g/mol. The maximum atomic E-state index is 14.3. The SMILES string of the molecule is CCCC(=O)Oc1cn(CCc2ccccc2F)c2nc(CCC)n3c4ccccc4nc3c12. The normalized spacial score (nSPS) is 11.6. The van der Waals surface area contributed by atoms with Crippen molar-refractivity contribution in [2.75, 3.05) is 0 Å². The molecule has 3 aromatic heterocycles. The number of ether oxygens (including phenoxy) is 1. The zero-order valence-electron chi connectivity index (χ0n) is 19.4. The maximum Gasteiger partial charge on any atom is 0.311 e. The summed E-state index contributed by atoms with van der Waals surface area (Å²) in [5, 5.41) is 0.703. The van der Waals surface area contributed by atoms with Gasteiger partial charge in [0.05, 0.1) is 11.0 Å². The third-order valence-corrected chi connectivity index (χ3v) is 6.02. The zero-order valence-corrected chi connectivity index (χ0v) is 19.4. The van der Waals surface area contributed by atoms with E-state index in [9.17, 15) is 9.18 Å². The standard InChI is InChI=1S/C27H27FN4O2/c1-3-9-23-30-26-25(27-29-20-13-7-8-14-21(20)32(23)27)22(34-24(33)10-4-2)17-31(26)16-15-18-11-5-6-12-19(18)28/h5-8,11-14,17H,3-4,9-10,15-16H2,1-2H3. The molecule has 0 saturated carbocycles. The molecule has 0 spiro atoms. The van der Waals surface area contributed by atoms with E-state index >= 15 is 0 Å². The van der Waals surface area contributed by atoms with Crippen LogP contribution in [-0.2, 0) is 24.2 Å².